The van der Waals surface area contributed by atoms with Gasteiger partial charge in [0, 0.05) is 76.8 Å². The Morgan fingerprint density at radius 1 is 0.804 bits per heavy atom. The number of amides is 2. The number of anilines is 1. The number of nitrogens with one attached hydrogen (secondary N) is 2. The van der Waals surface area contributed by atoms with E-state index in [9.17, 15) is 14.7 Å². The number of hydrogen-bond donors (Lipinski definition) is 3. The van der Waals surface area contributed by atoms with E-state index in [0.717, 1.165) is 87.3 Å². The highest BCUT2D eigenvalue weighted by atomic mass is 16.7. The first-order valence-electron chi connectivity index (χ1n) is 16.6. The number of aliphatic hydroxyl groups is 1. The van der Waals surface area contributed by atoms with Crippen LogP contribution in [-0.2, 0) is 32.2 Å². The van der Waals surface area contributed by atoms with Crippen molar-refractivity contribution < 1.29 is 24.2 Å². The fourth-order valence-corrected chi connectivity index (χ4v) is 6.09. The molecule has 2 saturated heterocycles. The zero-order valence-electron chi connectivity index (χ0n) is 26.9. The van der Waals surface area contributed by atoms with Crippen molar-refractivity contribution in [3.63, 3.8) is 0 Å². The maximum atomic E-state index is 12.5. The van der Waals surface area contributed by atoms with Gasteiger partial charge in [0.2, 0.25) is 11.8 Å². The van der Waals surface area contributed by atoms with Gasteiger partial charge in [0.05, 0.1) is 18.8 Å². The number of carbonyl (C=O) groups excluding carboxylic acids is 2. The maximum Gasteiger partial charge on any atom is 0.224 e. The number of rotatable bonds is 14. The van der Waals surface area contributed by atoms with Crippen molar-refractivity contribution in [1.29, 1.82) is 0 Å². The molecule has 3 N–H and O–H groups in total. The Morgan fingerprint density at radius 2 is 1.50 bits per heavy atom. The molecule has 0 bridgehead atoms. The molecule has 246 valence electrons. The summed E-state index contributed by atoms with van der Waals surface area (Å²) in [6.07, 6.45) is 3.03. The van der Waals surface area contributed by atoms with Crippen molar-refractivity contribution in [1.82, 2.24) is 15.1 Å². The van der Waals surface area contributed by atoms with E-state index >= 15 is 0 Å². The van der Waals surface area contributed by atoms with E-state index in [1.807, 2.05) is 48.5 Å². The van der Waals surface area contributed by atoms with Crippen LogP contribution in [0.1, 0.15) is 73.7 Å². The van der Waals surface area contributed by atoms with Gasteiger partial charge in [-0.05, 0) is 41.7 Å². The molecule has 2 fully saturated rings. The molecule has 9 heteroatoms. The molecule has 0 unspecified atom stereocenters. The van der Waals surface area contributed by atoms with Crippen molar-refractivity contribution in [3.05, 3.63) is 101 Å². The van der Waals surface area contributed by atoms with Crippen LogP contribution in [-0.4, -0.2) is 72.1 Å². The molecular weight excluding hydrogens is 580 g/mol. The van der Waals surface area contributed by atoms with Gasteiger partial charge in [-0.1, -0.05) is 73.2 Å². The van der Waals surface area contributed by atoms with E-state index in [0.29, 0.717) is 13.0 Å². The fraction of sp³-hybridized carbons (Fsp3) is 0.459. The van der Waals surface area contributed by atoms with Gasteiger partial charge in [-0.25, -0.2) is 0 Å². The summed E-state index contributed by atoms with van der Waals surface area (Å²) < 4.78 is 13.1. The summed E-state index contributed by atoms with van der Waals surface area (Å²) in [6.45, 7) is 8.03. The summed E-state index contributed by atoms with van der Waals surface area (Å²) in [5, 5.41) is 15.3. The Bertz CT molecular complexity index is 1360. The SMILES string of the molecule is CC(=O)NCCCCCC(=O)Nc1ccc([C@@H]2O[C@H](CN3CCN(Cc4ccccc4)CC3)C[C@H](c3ccc(CO)cc3)O2)cc1. The minimum Gasteiger partial charge on any atom is -0.392 e. The second kappa shape index (κ2) is 17.4. The Hall–Kier alpha value is -3.60. The van der Waals surface area contributed by atoms with Crippen molar-refractivity contribution in [2.45, 2.75) is 70.7 Å². The summed E-state index contributed by atoms with van der Waals surface area (Å²) in [7, 11) is 0. The lowest BCUT2D eigenvalue weighted by Gasteiger charge is -2.40. The van der Waals surface area contributed by atoms with E-state index < -0.39 is 6.29 Å². The number of unbranched alkanes of at least 4 members (excludes halogenated alkanes) is 2. The zero-order valence-corrected chi connectivity index (χ0v) is 26.9. The average Bonchev–Trinajstić information content (AvgIpc) is 3.08. The van der Waals surface area contributed by atoms with E-state index in [1.54, 1.807) is 0 Å². The van der Waals surface area contributed by atoms with Crippen molar-refractivity contribution in [2.75, 3.05) is 44.6 Å². The third kappa shape index (κ3) is 10.5. The first kappa shape index (κ1) is 33.8. The second-order valence-electron chi connectivity index (χ2n) is 12.4. The zero-order chi connectivity index (χ0) is 32.1. The van der Waals surface area contributed by atoms with Crippen LogP contribution < -0.4 is 10.6 Å². The van der Waals surface area contributed by atoms with Crippen LogP contribution in [0.15, 0.2) is 78.9 Å². The van der Waals surface area contributed by atoms with Gasteiger partial charge in [0.1, 0.15) is 0 Å². The lowest BCUT2D eigenvalue weighted by Crippen LogP contribution is -2.49. The van der Waals surface area contributed by atoms with Crippen molar-refractivity contribution in [2.24, 2.45) is 0 Å². The summed E-state index contributed by atoms with van der Waals surface area (Å²) in [4.78, 5) is 28.5. The second-order valence-corrected chi connectivity index (χ2v) is 12.4. The Morgan fingerprint density at radius 3 is 2.20 bits per heavy atom. The minimum absolute atomic E-state index is 0.00744. The maximum absolute atomic E-state index is 12.5. The molecule has 3 aromatic carbocycles. The molecule has 0 saturated carbocycles. The number of carbonyl (C=O) groups is 2. The molecule has 0 spiro atoms. The van der Waals surface area contributed by atoms with Crippen LogP contribution in [0.4, 0.5) is 5.69 Å². The highest BCUT2D eigenvalue weighted by molar-refractivity contribution is 5.90. The van der Waals surface area contributed by atoms with Crippen LogP contribution in [0.2, 0.25) is 0 Å². The van der Waals surface area contributed by atoms with Gasteiger partial charge >= 0.3 is 0 Å². The third-order valence-electron chi connectivity index (χ3n) is 8.71. The molecule has 3 aromatic rings. The van der Waals surface area contributed by atoms with Gasteiger partial charge in [0.15, 0.2) is 6.29 Å². The minimum atomic E-state index is -0.533. The van der Waals surface area contributed by atoms with Crippen molar-refractivity contribution >= 4 is 17.5 Å². The van der Waals surface area contributed by atoms with Crippen molar-refractivity contribution in [3.8, 4) is 0 Å². The molecule has 0 aromatic heterocycles. The number of aliphatic hydroxyl groups excluding tert-OH is 1. The Balaban J connectivity index is 1.16. The lowest BCUT2D eigenvalue weighted by molar-refractivity contribution is -0.253. The summed E-state index contributed by atoms with van der Waals surface area (Å²) in [5.74, 6) is -0.0473. The lowest BCUT2D eigenvalue weighted by atomic mass is 9.99. The topological polar surface area (TPSA) is 103 Å². The first-order chi connectivity index (χ1) is 22.4. The van der Waals surface area contributed by atoms with Crippen LogP contribution in [0, 0.1) is 0 Å². The highest BCUT2D eigenvalue weighted by Gasteiger charge is 2.33. The summed E-state index contributed by atoms with van der Waals surface area (Å²) in [6, 6.07) is 26.3. The number of piperazine rings is 1. The molecule has 0 radical (unpaired) electrons. The average molecular weight is 629 g/mol. The molecule has 2 aliphatic rings. The van der Waals surface area contributed by atoms with Gasteiger partial charge in [0.25, 0.3) is 0 Å². The number of hydrogen-bond acceptors (Lipinski definition) is 7. The predicted molar refractivity (Wildman–Crippen MR) is 179 cm³/mol. The number of ether oxygens (including phenoxy) is 2. The quantitative estimate of drug-likeness (QED) is 0.212. The van der Waals surface area contributed by atoms with Crippen LogP contribution >= 0.6 is 0 Å². The number of nitrogens with zero attached hydrogens (tertiary/aromatic N) is 2. The fourth-order valence-electron chi connectivity index (χ4n) is 6.09. The van der Waals surface area contributed by atoms with E-state index in [-0.39, 0.29) is 30.6 Å². The molecular formula is C37H48N4O5. The Labute approximate surface area is 272 Å². The monoisotopic (exact) mass is 628 g/mol. The molecule has 2 amide bonds. The molecule has 3 atom stereocenters. The molecule has 2 heterocycles. The molecule has 5 rings (SSSR count). The van der Waals surface area contributed by atoms with E-state index in [1.165, 1.54) is 12.5 Å². The third-order valence-corrected chi connectivity index (χ3v) is 8.71. The predicted octanol–water partition coefficient (Wildman–Crippen LogP) is 5.18. The summed E-state index contributed by atoms with van der Waals surface area (Å²) >= 11 is 0. The smallest absolute Gasteiger partial charge is 0.224 e. The largest absolute Gasteiger partial charge is 0.392 e. The highest BCUT2D eigenvalue weighted by Crippen LogP contribution is 2.38. The first-order valence-corrected chi connectivity index (χ1v) is 16.6. The van der Waals surface area contributed by atoms with Gasteiger partial charge in [-0.15, -0.1) is 0 Å². The van der Waals surface area contributed by atoms with Crippen LogP contribution in [0.5, 0.6) is 0 Å². The van der Waals surface area contributed by atoms with E-state index in [2.05, 4.69) is 50.8 Å². The normalized spacial score (nSPS) is 20.7. The molecule has 0 aliphatic carbocycles. The molecule has 46 heavy (non-hydrogen) atoms. The number of benzene rings is 3. The molecule has 9 nitrogen and oxygen atoms in total. The molecule has 2 aliphatic heterocycles. The van der Waals surface area contributed by atoms with Gasteiger partial charge in [-0.3, -0.25) is 19.4 Å². The Kier molecular flexibility index (Phi) is 12.7. The standard InChI is InChI=1S/C37H48N4O5/c1-28(43)38-19-7-3-6-10-36(44)39-33-17-15-32(16-18-33)37-45-34(24-35(46-37)31-13-11-30(27-42)12-14-31)26-41-22-20-40(21-23-41)25-29-8-4-2-5-9-29/h2,4-5,8-9,11-18,34-35,37,42H,3,6-7,10,19-27H2,1H3,(H,38,43)(H,39,44)/t34-,35+,37+/m0/s1. The summed E-state index contributed by atoms with van der Waals surface area (Å²) in [5.41, 5.74) is 4.95. The van der Waals surface area contributed by atoms with E-state index in [4.69, 9.17) is 9.47 Å². The van der Waals surface area contributed by atoms with Crippen LogP contribution in [0.25, 0.3) is 0 Å². The van der Waals surface area contributed by atoms with Gasteiger partial charge < -0.3 is 25.2 Å². The van der Waals surface area contributed by atoms with Gasteiger partial charge in [-0.2, -0.15) is 0 Å². The van der Waals surface area contributed by atoms with Crippen LogP contribution in [0.3, 0.4) is 0 Å².